The zero-order valence-electron chi connectivity index (χ0n) is 13.2. The van der Waals surface area contributed by atoms with Crippen molar-refractivity contribution in [3.8, 4) is 5.75 Å². The number of morpholine rings is 1. The van der Waals surface area contributed by atoms with E-state index in [4.69, 9.17) is 9.47 Å². The summed E-state index contributed by atoms with van der Waals surface area (Å²) in [5, 5.41) is 0. The first-order chi connectivity index (χ1) is 10.8. The number of ether oxygens (including phenoxy) is 2. The highest BCUT2D eigenvalue weighted by atomic mass is 16.5. The molecule has 1 aliphatic rings. The van der Waals surface area contributed by atoms with Gasteiger partial charge in [-0.1, -0.05) is 42.5 Å². The van der Waals surface area contributed by atoms with Gasteiger partial charge in [0.25, 0.3) is 0 Å². The second-order valence-corrected chi connectivity index (χ2v) is 5.86. The first kappa shape index (κ1) is 15.1. The minimum atomic E-state index is 0.163. The molecule has 0 bridgehead atoms. The van der Waals surface area contributed by atoms with Crippen LogP contribution < -0.4 is 4.74 Å². The molecule has 1 fully saturated rings. The molecule has 116 valence electrons. The number of rotatable bonds is 4. The Morgan fingerprint density at radius 3 is 2.50 bits per heavy atom. The lowest BCUT2D eigenvalue weighted by Gasteiger charge is -2.38. The summed E-state index contributed by atoms with van der Waals surface area (Å²) in [5.41, 5.74) is 2.57. The Morgan fingerprint density at radius 1 is 1.09 bits per heavy atom. The molecule has 3 rings (SSSR count). The Labute approximate surface area is 132 Å². The number of hydrogen-bond acceptors (Lipinski definition) is 3. The Hall–Kier alpha value is -1.84. The standard InChI is InChI=1S/C19H23NO2/c1-15-14-22-19(17-6-4-3-5-7-17)13-20(15)12-16-8-10-18(21-2)11-9-16/h3-11,15,19H,12-14H2,1-2H3/t15-,19-/m1/s1. The van der Waals surface area contributed by atoms with Crippen molar-refractivity contribution in [3.05, 3.63) is 65.7 Å². The van der Waals surface area contributed by atoms with Crippen LogP contribution >= 0.6 is 0 Å². The molecule has 2 aromatic carbocycles. The number of methoxy groups -OCH3 is 1. The van der Waals surface area contributed by atoms with Crippen LogP contribution in [-0.4, -0.2) is 31.2 Å². The fourth-order valence-corrected chi connectivity index (χ4v) is 2.86. The molecule has 22 heavy (non-hydrogen) atoms. The van der Waals surface area contributed by atoms with Crippen LogP contribution in [0.3, 0.4) is 0 Å². The summed E-state index contributed by atoms with van der Waals surface area (Å²) in [4.78, 5) is 2.49. The lowest BCUT2D eigenvalue weighted by atomic mass is 10.1. The predicted molar refractivity (Wildman–Crippen MR) is 88.0 cm³/mol. The van der Waals surface area contributed by atoms with E-state index >= 15 is 0 Å². The van der Waals surface area contributed by atoms with Gasteiger partial charge in [-0.3, -0.25) is 4.90 Å². The quantitative estimate of drug-likeness (QED) is 0.859. The highest BCUT2D eigenvalue weighted by molar-refractivity contribution is 5.27. The highest BCUT2D eigenvalue weighted by Gasteiger charge is 2.26. The van der Waals surface area contributed by atoms with E-state index in [1.807, 2.05) is 18.2 Å². The van der Waals surface area contributed by atoms with Gasteiger partial charge in [0.05, 0.1) is 19.8 Å². The maximum absolute atomic E-state index is 6.02. The average Bonchev–Trinajstić information content (AvgIpc) is 2.58. The summed E-state index contributed by atoms with van der Waals surface area (Å²) >= 11 is 0. The lowest BCUT2D eigenvalue weighted by Crippen LogP contribution is -2.44. The molecule has 0 aliphatic carbocycles. The topological polar surface area (TPSA) is 21.7 Å². The smallest absolute Gasteiger partial charge is 0.118 e. The van der Waals surface area contributed by atoms with Gasteiger partial charge in [-0.05, 0) is 30.2 Å². The normalized spacial score (nSPS) is 22.5. The maximum atomic E-state index is 6.02. The van der Waals surface area contributed by atoms with Crippen LogP contribution in [0, 0.1) is 0 Å². The molecule has 0 aromatic heterocycles. The van der Waals surface area contributed by atoms with Gasteiger partial charge in [0.1, 0.15) is 5.75 Å². The van der Waals surface area contributed by atoms with Crippen LogP contribution in [0.5, 0.6) is 5.75 Å². The van der Waals surface area contributed by atoms with Crippen LogP contribution in [-0.2, 0) is 11.3 Å². The van der Waals surface area contributed by atoms with Crippen molar-refractivity contribution in [1.82, 2.24) is 4.90 Å². The lowest BCUT2D eigenvalue weighted by molar-refractivity contribution is -0.0633. The monoisotopic (exact) mass is 297 g/mol. The van der Waals surface area contributed by atoms with Crippen molar-refractivity contribution in [2.75, 3.05) is 20.3 Å². The predicted octanol–water partition coefficient (Wildman–Crippen LogP) is 3.66. The second-order valence-electron chi connectivity index (χ2n) is 5.86. The first-order valence-electron chi connectivity index (χ1n) is 7.80. The third-order valence-electron chi connectivity index (χ3n) is 4.28. The SMILES string of the molecule is COc1ccc(CN2C[C@H](c3ccccc3)OC[C@H]2C)cc1. The van der Waals surface area contributed by atoms with Crippen LogP contribution in [0.2, 0.25) is 0 Å². The molecule has 0 unspecified atom stereocenters. The van der Waals surface area contributed by atoms with Gasteiger partial charge in [-0.25, -0.2) is 0 Å². The van der Waals surface area contributed by atoms with Crippen molar-refractivity contribution in [2.24, 2.45) is 0 Å². The van der Waals surface area contributed by atoms with Gasteiger partial charge >= 0.3 is 0 Å². The zero-order valence-corrected chi connectivity index (χ0v) is 13.2. The molecule has 2 atom stereocenters. The van der Waals surface area contributed by atoms with E-state index in [1.165, 1.54) is 11.1 Å². The Balaban J connectivity index is 1.68. The Morgan fingerprint density at radius 2 is 1.82 bits per heavy atom. The molecule has 2 aromatic rings. The van der Waals surface area contributed by atoms with Gasteiger partial charge in [0.2, 0.25) is 0 Å². The third kappa shape index (κ3) is 3.49. The summed E-state index contributed by atoms with van der Waals surface area (Å²) < 4.78 is 11.2. The molecule has 0 amide bonds. The molecule has 0 saturated carbocycles. The minimum absolute atomic E-state index is 0.163. The fraction of sp³-hybridized carbons (Fsp3) is 0.368. The van der Waals surface area contributed by atoms with Crippen molar-refractivity contribution in [3.63, 3.8) is 0 Å². The van der Waals surface area contributed by atoms with E-state index < -0.39 is 0 Å². The molecule has 0 radical (unpaired) electrons. The molecular formula is C19H23NO2. The van der Waals surface area contributed by atoms with Crippen LogP contribution in [0.1, 0.15) is 24.2 Å². The molecule has 1 heterocycles. The van der Waals surface area contributed by atoms with Gasteiger partial charge in [-0.15, -0.1) is 0 Å². The number of hydrogen-bond donors (Lipinski definition) is 0. The molecule has 0 N–H and O–H groups in total. The van der Waals surface area contributed by atoms with Gasteiger partial charge in [-0.2, -0.15) is 0 Å². The fourth-order valence-electron chi connectivity index (χ4n) is 2.86. The van der Waals surface area contributed by atoms with Gasteiger partial charge in [0.15, 0.2) is 0 Å². The molecular weight excluding hydrogens is 274 g/mol. The van der Waals surface area contributed by atoms with Crippen molar-refractivity contribution in [1.29, 1.82) is 0 Å². The Bertz CT molecular complexity index is 582. The van der Waals surface area contributed by atoms with E-state index in [1.54, 1.807) is 7.11 Å². The molecule has 3 heteroatoms. The van der Waals surface area contributed by atoms with E-state index in [-0.39, 0.29) is 6.10 Å². The molecule has 3 nitrogen and oxygen atoms in total. The van der Waals surface area contributed by atoms with E-state index in [9.17, 15) is 0 Å². The summed E-state index contributed by atoms with van der Waals surface area (Å²) in [7, 11) is 1.70. The number of nitrogens with zero attached hydrogens (tertiary/aromatic N) is 1. The number of benzene rings is 2. The minimum Gasteiger partial charge on any atom is -0.497 e. The zero-order chi connectivity index (χ0) is 15.4. The van der Waals surface area contributed by atoms with E-state index in [0.29, 0.717) is 6.04 Å². The van der Waals surface area contributed by atoms with Crippen molar-refractivity contribution < 1.29 is 9.47 Å². The maximum Gasteiger partial charge on any atom is 0.118 e. The van der Waals surface area contributed by atoms with Crippen molar-refractivity contribution >= 4 is 0 Å². The van der Waals surface area contributed by atoms with E-state index in [0.717, 1.165) is 25.4 Å². The van der Waals surface area contributed by atoms with Crippen molar-refractivity contribution in [2.45, 2.75) is 25.6 Å². The van der Waals surface area contributed by atoms with Crippen LogP contribution in [0.15, 0.2) is 54.6 Å². The Kier molecular flexibility index (Phi) is 4.76. The summed E-state index contributed by atoms with van der Waals surface area (Å²) in [6, 6.07) is 19.2. The van der Waals surface area contributed by atoms with Gasteiger partial charge in [0, 0.05) is 19.1 Å². The van der Waals surface area contributed by atoms with E-state index in [2.05, 4.69) is 48.2 Å². The second kappa shape index (κ2) is 6.95. The van der Waals surface area contributed by atoms with Crippen LogP contribution in [0.25, 0.3) is 0 Å². The molecule has 0 spiro atoms. The summed E-state index contributed by atoms with van der Waals surface area (Å²) in [6.45, 7) is 4.87. The average molecular weight is 297 g/mol. The third-order valence-corrected chi connectivity index (χ3v) is 4.28. The highest BCUT2D eigenvalue weighted by Crippen LogP contribution is 2.26. The summed E-state index contributed by atoms with van der Waals surface area (Å²) in [6.07, 6.45) is 0.163. The molecule has 1 saturated heterocycles. The van der Waals surface area contributed by atoms with Gasteiger partial charge < -0.3 is 9.47 Å². The molecule has 1 aliphatic heterocycles. The largest absolute Gasteiger partial charge is 0.497 e. The first-order valence-corrected chi connectivity index (χ1v) is 7.80. The van der Waals surface area contributed by atoms with Crippen LogP contribution in [0.4, 0.5) is 0 Å². The summed E-state index contributed by atoms with van der Waals surface area (Å²) in [5.74, 6) is 0.904.